The third-order valence-corrected chi connectivity index (χ3v) is 4.29. The van der Waals surface area contributed by atoms with Gasteiger partial charge in [-0.2, -0.15) is 0 Å². The Morgan fingerprint density at radius 2 is 2.04 bits per heavy atom. The van der Waals surface area contributed by atoms with E-state index < -0.39 is 35.9 Å². The van der Waals surface area contributed by atoms with Crippen LogP contribution in [0.3, 0.4) is 0 Å². The minimum Gasteiger partial charge on any atom is -0.388 e. The molecule has 1 aliphatic heterocycles. The van der Waals surface area contributed by atoms with Crippen LogP contribution in [0.5, 0.6) is 0 Å². The zero-order valence-corrected chi connectivity index (χ0v) is 13.7. The molecule has 10 heteroatoms. The highest BCUT2D eigenvalue weighted by Gasteiger charge is 2.38. The van der Waals surface area contributed by atoms with Crippen LogP contribution in [0.25, 0.3) is 0 Å². The van der Waals surface area contributed by atoms with E-state index in [0.717, 1.165) is 0 Å². The average Bonchev–Trinajstić information content (AvgIpc) is 2.50. The molecule has 0 bridgehead atoms. The highest BCUT2D eigenvalue weighted by Crippen LogP contribution is 2.21. The highest BCUT2D eigenvalue weighted by atomic mass is 32.2. The topological polar surface area (TPSA) is 134 Å². The summed E-state index contributed by atoms with van der Waals surface area (Å²) in [6.07, 6.45) is -3.45. The monoisotopic (exact) mass is 345 g/mol. The van der Waals surface area contributed by atoms with Gasteiger partial charge in [-0.3, -0.25) is 14.2 Å². The van der Waals surface area contributed by atoms with Crippen LogP contribution in [-0.2, 0) is 11.8 Å². The van der Waals surface area contributed by atoms with E-state index in [2.05, 4.69) is 10.3 Å². The van der Waals surface area contributed by atoms with E-state index in [1.165, 1.54) is 30.3 Å². The van der Waals surface area contributed by atoms with E-state index >= 15 is 0 Å². The molecule has 0 saturated carbocycles. The van der Waals surface area contributed by atoms with Gasteiger partial charge in [0.15, 0.2) is 17.2 Å². The van der Waals surface area contributed by atoms with E-state index in [1.807, 2.05) is 0 Å². The molecule has 2 rings (SSSR count). The van der Waals surface area contributed by atoms with E-state index in [0.29, 0.717) is 5.16 Å². The SMILES string of the molecule is CSc1nc(N[C@@H]2OC[C@@H](O)[C@H](O)[C@H]2O)c(C(C)=O)c(=O)n1C. The Morgan fingerprint density at radius 1 is 1.39 bits per heavy atom. The molecule has 0 spiro atoms. The molecule has 0 aromatic carbocycles. The van der Waals surface area contributed by atoms with E-state index in [1.54, 1.807) is 6.26 Å². The Kier molecular flexibility index (Phi) is 5.42. The molecule has 9 nitrogen and oxygen atoms in total. The summed E-state index contributed by atoms with van der Waals surface area (Å²) in [6.45, 7) is 1.03. The predicted octanol–water partition coefficient (Wildman–Crippen LogP) is -1.44. The van der Waals surface area contributed by atoms with Crippen molar-refractivity contribution in [3.8, 4) is 0 Å². The molecule has 1 saturated heterocycles. The van der Waals surface area contributed by atoms with Gasteiger partial charge in [0.1, 0.15) is 29.7 Å². The normalized spacial score (nSPS) is 27.7. The van der Waals surface area contributed by atoms with Gasteiger partial charge in [-0.1, -0.05) is 11.8 Å². The summed E-state index contributed by atoms with van der Waals surface area (Å²) in [7, 11) is 1.50. The van der Waals surface area contributed by atoms with Crippen molar-refractivity contribution >= 4 is 23.4 Å². The zero-order chi connectivity index (χ0) is 17.3. The zero-order valence-electron chi connectivity index (χ0n) is 12.9. The van der Waals surface area contributed by atoms with Gasteiger partial charge in [-0.05, 0) is 13.2 Å². The third kappa shape index (κ3) is 3.40. The molecular formula is C13H19N3O6S. The number of carbonyl (C=O) groups excluding carboxylic acids is 1. The molecular weight excluding hydrogens is 326 g/mol. The molecule has 1 aliphatic rings. The molecule has 0 amide bonds. The number of ether oxygens (including phenoxy) is 1. The summed E-state index contributed by atoms with van der Waals surface area (Å²) >= 11 is 1.22. The smallest absolute Gasteiger partial charge is 0.266 e. The Morgan fingerprint density at radius 3 is 2.61 bits per heavy atom. The molecule has 1 aromatic rings. The quantitative estimate of drug-likeness (QED) is 0.294. The number of aliphatic hydroxyl groups is 3. The fraction of sp³-hybridized carbons (Fsp3) is 0.615. The largest absolute Gasteiger partial charge is 0.388 e. The first-order chi connectivity index (χ1) is 10.8. The molecule has 0 radical (unpaired) electrons. The van der Waals surface area contributed by atoms with Gasteiger partial charge < -0.3 is 25.4 Å². The lowest BCUT2D eigenvalue weighted by atomic mass is 10.0. The van der Waals surface area contributed by atoms with Gasteiger partial charge in [0, 0.05) is 7.05 Å². The van der Waals surface area contributed by atoms with Crippen molar-refractivity contribution in [3.63, 3.8) is 0 Å². The van der Waals surface area contributed by atoms with Crippen LogP contribution in [-0.4, -0.2) is 68.1 Å². The van der Waals surface area contributed by atoms with Crippen molar-refractivity contribution in [2.45, 2.75) is 36.6 Å². The number of ketones is 1. The van der Waals surface area contributed by atoms with E-state index in [-0.39, 0.29) is 18.0 Å². The number of aromatic nitrogens is 2. The molecule has 1 aromatic heterocycles. The van der Waals surface area contributed by atoms with Gasteiger partial charge in [-0.15, -0.1) is 0 Å². The minimum atomic E-state index is -1.44. The number of Topliss-reactive ketones (excluding diaryl/α,β-unsaturated/α-hetero) is 1. The summed E-state index contributed by atoms with van der Waals surface area (Å²) in [5.41, 5.74) is -0.688. The maximum Gasteiger partial charge on any atom is 0.266 e. The Labute approximate surface area is 136 Å². The summed E-state index contributed by atoms with van der Waals surface area (Å²) < 4.78 is 6.47. The molecule has 0 aliphatic carbocycles. The minimum absolute atomic E-state index is 0.0300. The van der Waals surface area contributed by atoms with Crippen molar-refractivity contribution in [2.24, 2.45) is 7.05 Å². The fourth-order valence-electron chi connectivity index (χ4n) is 2.25. The first-order valence-corrected chi connectivity index (χ1v) is 8.08. The van der Waals surface area contributed by atoms with Crippen LogP contribution in [0.1, 0.15) is 17.3 Å². The fourth-order valence-corrected chi connectivity index (χ4v) is 2.79. The number of nitrogens with one attached hydrogen (secondary N) is 1. The first kappa shape index (κ1) is 17.9. The summed E-state index contributed by atoms with van der Waals surface area (Å²) in [6, 6.07) is 0. The Bertz CT molecular complexity index is 664. The van der Waals surface area contributed by atoms with Crippen molar-refractivity contribution < 1.29 is 24.9 Å². The second kappa shape index (κ2) is 6.97. The maximum atomic E-state index is 12.3. The molecule has 4 atom stereocenters. The standard InChI is InChI=1S/C13H19N3O6S/c1-5(17)7-10(15-13(23-3)16(2)12(7)21)14-11-9(20)8(19)6(18)4-22-11/h6,8-9,11,14,18-20H,4H2,1-3H3/t6-,8+,9-,11-/m1/s1. The van der Waals surface area contributed by atoms with Crippen LogP contribution >= 0.6 is 11.8 Å². The number of hydrogen-bond acceptors (Lipinski definition) is 9. The third-order valence-electron chi connectivity index (χ3n) is 3.56. The van der Waals surface area contributed by atoms with Crippen LogP contribution in [0.4, 0.5) is 5.82 Å². The number of aliphatic hydroxyl groups excluding tert-OH is 3. The second-order valence-corrected chi connectivity index (χ2v) is 5.96. The van der Waals surface area contributed by atoms with Crippen molar-refractivity contribution in [2.75, 3.05) is 18.2 Å². The van der Waals surface area contributed by atoms with Crippen molar-refractivity contribution in [1.82, 2.24) is 9.55 Å². The van der Waals surface area contributed by atoms with Crippen LogP contribution in [0.15, 0.2) is 9.95 Å². The molecule has 0 unspecified atom stereocenters. The number of nitrogens with zero attached hydrogens (tertiary/aromatic N) is 2. The number of anilines is 1. The van der Waals surface area contributed by atoms with Gasteiger partial charge >= 0.3 is 0 Å². The first-order valence-electron chi connectivity index (χ1n) is 6.86. The molecule has 1 fully saturated rings. The number of thioether (sulfide) groups is 1. The summed E-state index contributed by atoms with van der Waals surface area (Å²) in [5.74, 6) is -0.517. The van der Waals surface area contributed by atoms with Crippen LogP contribution in [0.2, 0.25) is 0 Å². The lowest BCUT2D eigenvalue weighted by molar-refractivity contribution is -0.178. The molecule has 23 heavy (non-hydrogen) atoms. The van der Waals surface area contributed by atoms with Gasteiger partial charge in [0.2, 0.25) is 0 Å². The van der Waals surface area contributed by atoms with Gasteiger partial charge in [0.25, 0.3) is 5.56 Å². The number of rotatable bonds is 4. The van der Waals surface area contributed by atoms with Gasteiger partial charge in [-0.25, -0.2) is 4.98 Å². The maximum absolute atomic E-state index is 12.3. The van der Waals surface area contributed by atoms with Crippen molar-refractivity contribution in [3.05, 3.63) is 15.9 Å². The summed E-state index contributed by atoms with van der Waals surface area (Å²) in [5, 5.41) is 32.1. The number of carbonyl (C=O) groups is 1. The lowest BCUT2D eigenvalue weighted by Crippen LogP contribution is -2.55. The molecule has 4 N–H and O–H groups in total. The van der Waals surface area contributed by atoms with E-state index in [4.69, 9.17) is 4.74 Å². The number of hydrogen-bond donors (Lipinski definition) is 4. The summed E-state index contributed by atoms with van der Waals surface area (Å²) in [4.78, 5) is 28.3. The second-order valence-electron chi connectivity index (χ2n) is 5.19. The molecule has 2 heterocycles. The van der Waals surface area contributed by atoms with Crippen LogP contribution in [0, 0.1) is 0 Å². The predicted molar refractivity (Wildman–Crippen MR) is 82.6 cm³/mol. The average molecular weight is 345 g/mol. The van der Waals surface area contributed by atoms with Gasteiger partial charge in [0.05, 0.1) is 6.61 Å². The molecule has 128 valence electrons. The van der Waals surface area contributed by atoms with Crippen LogP contribution < -0.4 is 10.9 Å². The lowest BCUT2D eigenvalue weighted by Gasteiger charge is -2.35. The highest BCUT2D eigenvalue weighted by molar-refractivity contribution is 7.98. The Balaban J connectivity index is 2.41. The Hall–Kier alpha value is -1.46. The van der Waals surface area contributed by atoms with Crippen molar-refractivity contribution in [1.29, 1.82) is 0 Å². The van der Waals surface area contributed by atoms with E-state index in [9.17, 15) is 24.9 Å².